The lowest BCUT2D eigenvalue weighted by atomic mass is 10.1. The van der Waals surface area contributed by atoms with E-state index in [4.69, 9.17) is 11.6 Å². The smallest absolute Gasteiger partial charge is 0.0427 e. The second-order valence-corrected chi connectivity index (χ2v) is 5.00. The summed E-state index contributed by atoms with van der Waals surface area (Å²) in [5, 5.41) is 4.38. The van der Waals surface area contributed by atoms with Crippen molar-refractivity contribution in [2.75, 3.05) is 12.3 Å². The molecule has 0 saturated carbocycles. The molecule has 1 atom stereocenters. The SMILES string of the molecule is CCCNC1CSc2ccc(Cl)cc21. The Kier molecular flexibility index (Phi) is 3.37. The van der Waals surface area contributed by atoms with Crippen LogP contribution in [0.15, 0.2) is 23.1 Å². The zero-order valence-electron chi connectivity index (χ0n) is 8.22. The van der Waals surface area contributed by atoms with Crippen molar-refractivity contribution in [2.45, 2.75) is 24.3 Å². The van der Waals surface area contributed by atoms with Crippen LogP contribution in [0, 0.1) is 0 Å². The van der Waals surface area contributed by atoms with Gasteiger partial charge in [0.1, 0.15) is 0 Å². The first kappa shape index (κ1) is 10.3. The third-order valence-electron chi connectivity index (χ3n) is 2.39. The molecular formula is C11H14ClNS. The van der Waals surface area contributed by atoms with Crippen LogP contribution in [0.25, 0.3) is 0 Å². The molecule has 1 aromatic carbocycles. The highest BCUT2D eigenvalue weighted by atomic mass is 35.5. The van der Waals surface area contributed by atoms with Gasteiger partial charge in [-0.1, -0.05) is 18.5 Å². The van der Waals surface area contributed by atoms with Gasteiger partial charge in [0.15, 0.2) is 0 Å². The van der Waals surface area contributed by atoms with Crippen molar-refractivity contribution in [1.82, 2.24) is 5.32 Å². The van der Waals surface area contributed by atoms with Gasteiger partial charge in [0.25, 0.3) is 0 Å². The zero-order chi connectivity index (χ0) is 9.97. The van der Waals surface area contributed by atoms with Crippen LogP contribution >= 0.6 is 23.4 Å². The summed E-state index contributed by atoms with van der Waals surface area (Å²) in [6, 6.07) is 6.67. The van der Waals surface area contributed by atoms with Crippen LogP contribution in [0.4, 0.5) is 0 Å². The summed E-state index contributed by atoms with van der Waals surface area (Å²) in [6.07, 6.45) is 1.18. The van der Waals surface area contributed by atoms with E-state index in [9.17, 15) is 0 Å². The van der Waals surface area contributed by atoms with E-state index in [0.717, 1.165) is 17.3 Å². The normalized spacial score (nSPS) is 19.7. The first-order chi connectivity index (χ1) is 6.81. The number of halogens is 1. The number of thioether (sulfide) groups is 1. The Morgan fingerprint density at radius 2 is 2.43 bits per heavy atom. The van der Waals surface area contributed by atoms with Gasteiger partial charge in [-0.05, 0) is 36.7 Å². The Morgan fingerprint density at radius 1 is 1.57 bits per heavy atom. The first-order valence-electron chi connectivity index (χ1n) is 4.97. The van der Waals surface area contributed by atoms with Gasteiger partial charge in [0, 0.05) is 21.7 Å². The Labute approximate surface area is 94.2 Å². The Balaban J connectivity index is 2.16. The van der Waals surface area contributed by atoms with Gasteiger partial charge in [-0.2, -0.15) is 0 Å². The summed E-state index contributed by atoms with van der Waals surface area (Å²) in [6.45, 7) is 3.27. The molecule has 0 spiro atoms. The van der Waals surface area contributed by atoms with E-state index < -0.39 is 0 Å². The predicted molar refractivity (Wildman–Crippen MR) is 63.2 cm³/mol. The molecule has 0 aliphatic carbocycles. The van der Waals surface area contributed by atoms with Crippen LogP contribution in [0.3, 0.4) is 0 Å². The number of fused-ring (bicyclic) bond motifs is 1. The summed E-state index contributed by atoms with van der Waals surface area (Å²) in [4.78, 5) is 1.38. The van der Waals surface area contributed by atoms with E-state index in [-0.39, 0.29) is 0 Å². The van der Waals surface area contributed by atoms with Crippen LogP contribution < -0.4 is 5.32 Å². The molecule has 1 aromatic rings. The van der Waals surface area contributed by atoms with Crippen LogP contribution in [-0.4, -0.2) is 12.3 Å². The minimum Gasteiger partial charge on any atom is -0.309 e. The molecule has 1 nitrogen and oxygen atoms in total. The van der Waals surface area contributed by atoms with E-state index in [1.807, 2.05) is 17.8 Å². The molecule has 0 radical (unpaired) electrons. The lowest BCUT2D eigenvalue weighted by Crippen LogP contribution is -2.21. The summed E-state index contributed by atoms with van der Waals surface area (Å²) in [5.74, 6) is 1.13. The summed E-state index contributed by atoms with van der Waals surface area (Å²) < 4.78 is 0. The molecule has 14 heavy (non-hydrogen) atoms. The Hall–Kier alpha value is -0.180. The number of hydrogen-bond donors (Lipinski definition) is 1. The van der Waals surface area contributed by atoms with Gasteiger partial charge in [0.2, 0.25) is 0 Å². The number of benzene rings is 1. The quantitative estimate of drug-likeness (QED) is 0.849. The molecule has 1 unspecified atom stereocenters. The molecule has 1 N–H and O–H groups in total. The fourth-order valence-corrected chi connectivity index (χ4v) is 3.03. The van der Waals surface area contributed by atoms with Crippen molar-refractivity contribution in [1.29, 1.82) is 0 Å². The lowest BCUT2D eigenvalue weighted by molar-refractivity contribution is 0.579. The number of nitrogens with one attached hydrogen (secondary N) is 1. The van der Waals surface area contributed by atoms with Gasteiger partial charge in [-0.15, -0.1) is 11.8 Å². The van der Waals surface area contributed by atoms with E-state index in [0.29, 0.717) is 6.04 Å². The summed E-state index contributed by atoms with van der Waals surface area (Å²) in [5.41, 5.74) is 1.37. The standard InChI is InChI=1S/C11H14ClNS/c1-2-5-13-10-7-14-11-4-3-8(12)6-9(10)11/h3-4,6,10,13H,2,5,7H2,1H3. The summed E-state index contributed by atoms with van der Waals surface area (Å²) >= 11 is 7.90. The monoisotopic (exact) mass is 227 g/mol. The van der Waals surface area contributed by atoms with Gasteiger partial charge < -0.3 is 5.32 Å². The van der Waals surface area contributed by atoms with E-state index in [2.05, 4.69) is 24.4 Å². The minimum absolute atomic E-state index is 0.494. The molecule has 0 bridgehead atoms. The van der Waals surface area contributed by atoms with Crippen LogP contribution in [-0.2, 0) is 0 Å². The van der Waals surface area contributed by atoms with Crippen LogP contribution in [0.1, 0.15) is 24.9 Å². The maximum absolute atomic E-state index is 5.99. The second kappa shape index (κ2) is 4.56. The van der Waals surface area contributed by atoms with Crippen molar-refractivity contribution in [3.8, 4) is 0 Å². The van der Waals surface area contributed by atoms with Crippen molar-refractivity contribution in [3.63, 3.8) is 0 Å². The molecule has 76 valence electrons. The minimum atomic E-state index is 0.494. The average molecular weight is 228 g/mol. The number of hydrogen-bond acceptors (Lipinski definition) is 2. The van der Waals surface area contributed by atoms with Crippen molar-refractivity contribution in [3.05, 3.63) is 28.8 Å². The molecule has 3 heteroatoms. The van der Waals surface area contributed by atoms with Crippen LogP contribution in [0.5, 0.6) is 0 Å². The highest BCUT2D eigenvalue weighted by molar-refractivity contribution is 7.99. The molecule has 0 amide bonds. The lowest BCUT2D eigenvalue weighted by Gasteiger charge is -2.12. The first-order valence-corrected chi connectivity index (χ1v) is 6.33. The molecule has 1 heterocycles. The predicted octanol–water partition coefficient (Wildman–Crippen LogP) is 3.49. The third-order valence-corrected chi connectivity index (χ3v) is 3.81. The average Bonchev–Trinajstić information content (AvgIpc) is 2.57. The summed E-state index contributed by atoms with van der Waals surface area (Å²) in [7, 11) is 0. The molecule has 0 saturated heterocycles. The van der Waals surface area contributed by atoms with Crippen molar-refractivity contribution >= 4 is 23.4 Å². The number of rotatable bonds is 3. The second-order valence-electron chi connectivity index (χ2n) is 3.50. The highest BCUT2D eigenvalue weighted by Crippen LogP contribution is 2.39. The fraction of sp³-hybridized carbons (Fsp3) is 0.455. The van der Waals surface area contributed by atoms with Crippen molar-refractivity contribution in [2.24, 2.45) is 0 Å². The highest BCUT2D eigenvalue weighted by Gasteiger charge is 2.22. The van der Waals surface area contributed by atoms with E-state index in [1.165, 1.54) is 16.9 Å². The van der Waals surface area contributed by atoms with E-state index >= 15 is 0 Å². The van der Waals surface area contributed by atoms with Gasteiger partial charge >= 0.3 is 0 Å². The maximum Gasteiger partial charge on any atom is 0.0427 e. The fourth-order valence-electron chi connectivity index (χ4n) is 1.67. The Bertz CT molecular complexity index is 327. The van der Waals surface area contributed by atoms with Crippen LogP contribution in [0.2, 0.25) is 5.02 Å². The van der Waals surface area contributed by atoms with Gasteiger partial charge in [0.05, 0.1) is 0 Å². The molecular weight excluding hydrogens is 214 g/mol. The topological polar surface area (TPSA) is 12.0 Å². The van der Waals surface area contributed by atoms with Gasteiger partial charge in [-0.3, -0.25) is 0 Å². The Morgan fingerprint density at radius 3 is 3.21 bits per heavy atom. The van der Waals surface area contributed by atoms with E-state index in [1.54, 1.807) is 0 Å². The molecule has 2 rings (SSSR count). The van der Waals surface area contributed by atoms with Gasteiger partial charge in [-0.25, -0.2) is 0 Å². The molecule has 1 aliphatic rings. The van der Waals surface area contributed by atoms with Crippen molar-refractivity contribution < 1.29 is 0 Å². The largest absolute Gasteiger partial charge is 0.309 e. The zero-order valence-corrected chi connectivity index (χ0v) is 9.79. The molecule has 0 aromatic heterocycles. The third kappa shape index (κ3) is 2.08. The molecule has 1 aliphatic heterocycles. The molecule has 0 fully saturated rings. The maximum atomic E-state index is 5.99.